The second-order valence-corrected chi connectivity index (χ2v) is 12.3. The first-order chi connectivity index (χ1) is 19.7. The molecule has 0 amide bonds. The number of rotatable bonds is 13. The fraction of sp³-hybridized carbons (Fsp3) is 0.242. The van der Waals surface area contributed by atoms with Gasteiger partial charge in [0.05, 0.1) is 15.9 Å². The Bertz CT molecular complexity index is 1540. The summed E-state index contributed by atoms with van der Waals surface area (Å²) in [5.41, 5.74) is 2.73. The van der Waals surface area contributed by atoms with Gasteiger partial charge >= 0.3 is 5.97 Å². The molecule has 1 N–H and O–H groups in total. The van der Waals surface area contributed by atoms with Gasteiger partial charge in [0, 0.05) is 31.1 Å². The predicted octanol–water partition coefficient (Wildman–Crippen LogP) is 6.66. The Morgan fingerprint density at radius 2 is 1.59 bits per heavy atom. The van der Waals surface area contributed by atoms with Gasteiger partial charge < -0.3 is 9.84 Å². The van der Waals surface area contributed by atoms with E-state index < -0.39 is 15.9 Å². The molecule has 0 radical (unpaired) electrons. The monoisotopic (exact) mass is 591 g/mol. The average molecular weight is 592 g/mol. The molecule has 8 heteroatoms. The van der Waals surface area contributed by atoms with E-state index in [9.17, 15) is 18.3 Å². The Labute approximate surface area is 247 Å². The number of ether oxygens (including phenoxy) is 1. The van der Waals surface area contributed by atoms with Crippen LogP contribution in [0.4, 0.5) is 0 Å². The lowest BCUT2D eigenvalue weighted by Crippen LogP contribution is -2.30. The van der Waals surface area contributed by atoms with E-state index in [2.05, 4.69) is 4.90 Å². The van der Waals surface area contributed by atoms with Crippen molar-refractivity contribution in [2.24, 2.45) is 0 Å². The highest BCUT2D eigenvalue weighted by Gasteiger charge is 2.19. The number of nitrogens with zero attached hydrogens (tertiary/aromatic N) is 1. The number of aliphatic hydroxyl groups excluding tert-OH is 1. The number of carbonyl (C=O) groups excluding carboxylic acids is 1. The van der Waals surface area contributed by atoms with Crippen molar-refractivity contribution in [3.05, 3.63) is 125 Å². The maximum absolute atomic E-state index is 13.4. The zero-order valence-corrected chi connectivity index (χ0v) is 24.5. The summed E-state index contributed by atoms with van der Waals surface area (Å²) in [6, 6.07) is 30.1. The van der Waals surface area contributed by atoms with E-state index >= 15 is 0 Å². The quantitative estimate of drug-likeness (QED) is 0.138. The molecule has 4 aromatic carbocycles. The fourth-order valence-electron chi connectivity index (χ4n) is 4.51. The van der Waals surface area contributed by atoms with Gasteiger partial charge in [0.25, 0.3) is 0 Å². The van der Waals surface area contributed by atoms with E-state index in [1.54, 1.807) is 30.3 Å². The van der Waals surface area contributed by atoms with Crippen molar-refractivity contribution in [2.75, 3.05) is 13.1 Å². The summed E-state index contributed by atoms with van der Waals surface area (Å²) in [6.45, 7) is 3.51. The SMILES string of the molecule is CCCC(=O)Oc1ccc(S(=O)(=O)c2cccc(CCN(Cc3ccccc3)CC(O)c3cccc(Cl)c3)c2)cc1. The summed E-state index contributed by atoms with van der Waals surface area (Å²) in [6.07, 6.45) is 0.835. The lowest BCUT2D eigenvalue weighted by molar-refractivity contribution is -0.134. The van der Waals surface area contributed by atoms with Gasteiger partial charge in [-0.15, -0.1) is 0 Å². The number of carbonyl (C=O) groups is 1. The standard InChI is InChI=1S/C33H34ClNO5S/c1-2-8-33(37)40-29-15-17-30(18-16-29)41(38,39)31-14-6-11-25(21-31)19-20-35(23-26-9-4-3-5-10-26)24-32(36)27-12-7-13-28(34)22-27/h3-7,9-18,21-22,32,36H,2,8,19-20,23-24H2,1H3. The number of sulfone groups is 1. The lowest BCUT2D eigenvalue weighted by atomic mass is 10.1. The molecule has 0 aliphatic rings. The van der Waals surface area contributed by atoms with Crippen LogP contribution in [0.5, 0.6) is 5.75 Å². The molecule has 0 heterocycles. The van der Waals surface area contributed by atoms with Crippen molar-refractivity contribution in [1.82, 2.24) is 4.90 Å². The van der Waals surface area contributed by atoms with Crippen LogP contribution in [0.3, 0.4) is 0 Å². The van der Waals surface area contributed by atoms with Crippen LogP contribution in [0.15, 0.2) is 113 Å². The zero-order valence-electron chi connectivity index (χ0n) is 22.9. The molecule has 0 aromatic heterocycles. The Hall–Kier alpha value is -3.49. The molecule has 1 unspecified atom stereocenters. The van der Waals surface area contributed by atoms with Crippen molar-refractivity contribution in [2.45, 2.75) is 48.6 Å². The third-order valence-corrected chi connectivity index (χ3v) is 8.66. The van der Waals surface area contributed by atoms with Crippen LogP contribution in [0.1, 0.15) is 42.6 Å². The topological polar surface area (TPSA) is 83.9 Å². The second kappa shape index (κ2) is 14.4. The van der Waals surface area contributed by atoms with Gasteiger partial charge in [0.2, 0.25) is 9.84 Å². The van der Waals surface area contributed by atoms with E-state index in [1.165, 1.54) is 24.3 Å². The van der Waals surface area contributed by atoms with Gasteiger partial charge in [0.15, 0.2) is 0 Å². The van der Waals surface area contributed by atoms with Gasteiger partial charge in [-0.3, -0.25) is 9.69 Å². The van der Waals surface area contributed by atoms with Gasteiger partial charge in [-0.05, 0) is 78.1 Å². The summed E-state index contributed by atoms with van der Waals surface area (Å²) < 4.78 is 32.0. The van der Waals surface area contributed by atoms with Crippen LogP contribution in [0, 0.1) is 0 Å². The number of aliphatic hydroxyl groups is 1. The Balaban J connectivity index is 1.47. The van der Waals surface area contributed by atoms with E-state index in [4.69, 9.17) is 16.3 Å². The first-order valence-electron chi connectivity index (χ1n) is 13.6. The second-order valence-electron chi connectivity index (χ2n) is 9.89. The minimum Gasteiger partial charge on any atom is -0.427 e. The molecule has 6 nitrogen and oxygen atoms in total. The molecule has 1 atom stereocenters. The summed E-state index contributed by atoms with van der Waals surface area (Å²) in [7, 11) is -3.77. The summed E-state index contributed by atoms with van der Waals surface area (Å²) in [4.78, 5) is 14.2. The first-order valence-corrected chi connectivity index (χ1v) is 15.5. The molecular weight excluding hydrogens is 558 g/mol. The molecule has 0 fully saturated rings. The largest absolute Gasteiger partial charge is 0.427 e. The Kier molecular flexibility index (Phi) is 10.7. The maximum atomic E-state index is 13.4. The number of hydrogen-bond donors (Lipinski definition) is 1. The van der Waals surface area contributed by atoms with Crippen molar-refractivity contribution < 1.29 is 23.1 Å². The molecule has 0 spiro atoms. The molecule has 41 heavy (non-hydrogen) atoms. The lowest BCUT2D eigenvalue weighted by Gasteiger charge is -2.26. The van der Waals surface area contributed by atoms with E-state index in [1.807, 2.05) is 55.5 Å². The number of hydrogen-bond acceptors (Lipinski definition) is 6. The first kappa shape index (κ1) is 30.5. The van der Waals surface area contributed by atoms with E-state index in [0.29, 0.717) is 49.7 Å². The van der Waals surface area contributed by atoms with E-state index in [0.717, 1.165) is 16.7 Å². The zero-order chi connectivity index (χ0) is 29.2. The van der Waals surface area contributed by atoms with Crippen LogP contribution in [0.2, 0.25) is 5.02 Å². The van der Waals surface area contributed by atoms with Gasteiger partial charge in [-0.25, -0.2) is 8.42 Å². The summed E-state index contributed by atoms with van der Waals surface area (Å²) in [5, 5.41) is 11.5. The Morgan fingerprint density at radius 1 is 0.878 bits per heavy atom. The van der Waals surface area contributed by atoms with Crippen molar-refractivity contribution in [3.8, 4) is 5.75 Å². The van der Waals surface area contributed by atoms with Crippen LogP contribution >= 0.6 is 11.6 Å². The molecule has 4 rings (SSSR count). The van der Waals surface area contributed by atoms with Gasteiger partial charge in [0.1, 0.15) is 5.75 Å². The summed E-state index contributed by atoms with van der Waals surface area (Å²) in [5.74, 6) is -0.0354. The van der Waals surface area contributed by atoms with Crippen molar-refractivity contribution in [1.29, 1.82) is 0 Å². The van der Waals surface area contributed by atoms with Gasteiger partial charge in [-0.1, -0.05) is 73.1 Å². The smallest absolute Gasteiger partial charge is 0.311 e. The molecule has 4 aromatic rings. The molecule has 0 saturated heterocycles. The fourth-order valence-corrected chi connectivity index (χ4v) is 6.03. The number of halogens is 1. The van der Waals surface area contributed by atoms with Crippen LogP contribution in [0.25, 0.3) is 0 Å². The van der Waals surface area contributed by atoms with Crippen LogP contribution < -0.4 is 4.74 Å². The molecule has 0 bridgehead atoms. The average Bonchev–Trinajstić information content (AvgIpc) is 2.97. The molecule has 0 saturated carbocycles. The Morgan fingerprint density at radius 3 is 2.29 bits per heavy atom. The van der Waals surface area contributed by atoms with E-state index in [-0.39, 0.29) is 15.8 Å². The number of benzene rings is 4. The van der Waals surface area contributed by atoms with Crippen molar-refractivity contribution >= 4 is 27.4 Å². The predicted molar refractivity (Wildman–Crippen MR) is 161 cm³/mol. The minimum absolute atomic E-state index is 0.125. The normalized spacial score (nSPS) is 12.3. The summed E-state index contributed by atoms with van der Waals surface area (Å²) >= 11 is 6.14. The minimum atomic E-state index is -3.77. The molecule has 214 valence electrons. The van der Waals surface area contributed by atoms with Crippen LogP contribution in [-0.2, 0) is 27.6 Å². The highest BCUT2D eigenvalue weighted by atomic mass is 35.5. The third-order valence-electron chi connectivity index (χ3n) is 6.66. The molecular formula is C33H34ClNO5S. The van der Waals surface area contributed by atoms with Crippen molar-refractivity contribution in [3.63, 3.8) is 0 Å². The number of esters is 1. The van der Waals surface area contributed by atoms with Gasteiger partial charge in [-0.2, -0.15) is 0 Å². The van der Waals surface area contributed by atoms with Crippen LogP contribution in [-0.4, -0.2) is 37.5 Å². The molecule has 0 aliphatic carbocycles. The maximum Gasteiger partial charge on any atom is 0.311 e. The third kappa shape index (κ3) is 8.75. The molecule has 0 aliphatic heterocycles. The highest BCUT2D eigenvalue weighted by molar-refractivity contribution is 7.91. The highest BCUT2D eigenvalue weighted by Crippen LogP contribution is 2.25.